The molecular formula is C14H14F2N2O3. The molecule has 7 heteroatoms. The second-order valence-electron chi connectivity index (χ2n) is 4.11. The average Bonchev–Trinajstić information content (AvgIpc) is 2.48. The van der Waals surface area contributed by atoms with E-state index in [1.165, 1.54) is 19.2 Å². The van der Waals surface area contributed by atoms with Crippen LogP contribution in [0.25, 0.3) is 11.1 Å². The van der Waals surface area contributed by atoms with E-state index in [1.54, 1.807) is 6.92 Å². The molecule has 5 nitrogen and oxygen atoms in total. The molecule has 0 atom stereocenters. The zero-order chi connectivity index (χ0) is 15.4. The van der Waals surface area contributed by atoms with Gasteiger partial charge in [0.1, 0.15) is 17.4 Å². The van der Waals surface area contributed by atoms with Crippen molar-refractivity contribution in [2.45, 2.75) is 6.92 Å². The Balaban J connectivity index is 2.45. The van der Waals surface area contributed by atoms with Gasteiger partial charge < -0.3 is 4.74 Å². The predicted octanol–water partition coefficient (Wildman–Crippen LogP) is 2.30. The molecule has 1 aromatic heterocycles. The third-order valence-electron chi connectivity index (χ3n) is 2.78. The van der Waals surface area contributed by atoms with E-state index < -0.39 is 17.2 Å². The van der Waals surface area contributed by atoms with Gasteiger partial charge in [-0.05, 0) is 19.1 Å². The van der Waals surface area contributed by atoms with Gasteiger partial charge in [-0.15, -0.1) is 0 Å². The summed E-state index contributed by atoms with van der Waals surface area (Å²) in [5.41, 5.74) is 1.54. The normalized spacial score (nSPS) is 10.5. The SMILES string of the molecule is CCONn1cc(F)c(-c2ccc(OC)cc2F)cc1=O. The molecule has 0 radical (unpaired) electrons. The first-order chi connectivity index (χ1) is 10.1. The first-order valence-electron chi connectivity index (χ1n) is 6.20. The highest BCUT2D eigenvalue weighted by Gasteiger charge is 2.13. The summed E-state index contributed by atoms with van der Waals surface area (Å²) in [7, 11) is 1.40. The highest BCUT2D eigenvalue weighted by Crippen LogP contribution is 2.27. The lowest BCUT2D eigenvalue weighted by Crippen LogP contribution is -2.29. The Bertz CT molecular complexity index is 701. The van der Waals surface area contributed by atoms with Crippen molar-refractivity contribution in [2.75, 3.05) is 19.3 Å². The number of hydrogen-bond donors (Lipinski definition) is 1. The van der Waals surface area contributed by atoms with Gasteiger partial charge in [-0.25, -0.2) is 13.5 Å². The number of methoxy groups -OCH3 is 1. The molecule has 0 aliphatic heterocycles. The average molecular weight is 296 g/mol. The highest BCUT2D eigenvalue weighted by molar-refractivity contribution is 5.65. The van der Waals surface area contributed by atoms with Crippen LogP contribution < -0.4 is 15.9 Å². The minimum absolute atomic E-state index is 0.0195. The maximum Gasteiger partial charge on any atom is 0.271 e. The van der Waals surface area contributed by atoms with Crippen LogP contribution in [0.5, 0.6) is 5.75 Å². The lowest BCUT2D eigenvalue weighted by Gasteiger charge is -2.11. The molecule has 2 aromatic rings. The van der Waals surface area contributed by atoms with Crippen LogP contribution in [0.4, 0.5) is 8.78 Å². The van der Waals surface area contributed by atoms with Crippen LogP contribution in [-0.2, 0) is 4.84 Å². The Labute approximate surface area is 119 Å². The van der Waals surface area contributed by atoms with Crippen LogP contribution in [0.15, 0.2) is 35.3 Å². The minimum Gasteiger partial charge on any atom is -0.497 e. The Hall–Kier alpha value is -2.41. The van der Waals surface area contributed by atoms with Crippen molar-refractivity contribution in [3.8, 4) is 16.9 Å². The molecule has 0 aliphatic carbocycles. The zero-order valence-electron chi connectivity index (χ0n) is 11.5. The highest BCUT2D eigenvalue weighted by atomic mass is 19.1. The van der Waals surface area contributed by atoms with E-state index in [0.29, 0.717) is 12.4 Å². The number of nitrogens with zero attached hydrogens (tertiary/aromatic N) is 1. The Kier molecular flexibility index (Phi) is 4.54. The van der Waals surface area contributed by atoms with Gasteiger partial charge in [-0.1, -0.05) is 0 Å². The van der Waals surface area contributed by atoms with Crippen LogP contribution in [0, 0.1) is 11.6 Å². The summed E-state index contributed by atoms with van der Waals surface area (Å²) in [6, 6.07) is 4.96. The monoisotopic (exact) mass is 296 g/mol. The van der Waals surface area contributed by atoms with Crippen LogP contribution in [-0.4, -0.2) is 18.4 Å². The lowest BCUT2D eigenvalue weighted by atomic mass is 10.1. The number of ether oxygens (including phenoxy) is 1. The van der Waals surface area contributed by atoms with Crippen molar-refractivity contribution in [1.29, 1.82) is 0 Å². The van der Waals surface area contributed by atoms with Crippen LogP contribution >= 0.6 is 0 Å². The van der Waals surface area contributed by atoms with Crippen molar-refractivity contribution in [1.82, 2.24) is 4.68 Å². The van der Waals surface area contributed by atoms with Crippen molar-refractivity contribution in [2.24, 2.45) is 0 Å². The summed E-state index contributed by atoms with van der Waals surface area (Å²) >= 11 is 0. The molecule has 2 rings (SSSR count). The van der Waals surface area contributed by atoms with Crippen molar-refractivity contribution in [3.05, 3.63) is 52.5 Å². The van der Waals surface area contributed by atoms with Crippen molar-refractivity contribution in [3.63, 3.8) is 0 Å². The number of halogens is 2. The summed E-state index contributed by atoms with van der Waals surface area (Å²) in [6.07, 6.45) is 0.900. The maximum atomic E-state index is 14.1. The zero-order valence-corrected chi connectivity index (χ0v) is 11.5. The molecule has 0 saturated heterocycles. The van der Waals surface area contributed by atoms with Gasteiger partial charge in [-0.3, -0.25) is 9.63 Å². The fraction of sp³-hybridized carbons (Fsp3) is 0.214. The summed E-state index contributed by atoms with van der Waals surface area (Å²) in [5, 5.41) is 0. The Morgan fingerprint density at radius 3 is 2.57 bits per heavy atom. The van der Waals surface area contributed by atoms with E-state index in [-0.39, 0.29) is 11.1 Å². The maximum absolute atomic E-state index is 14.1. The van der Waals surface area contributed by atoms with E-state index >= 15 is 0 Å². The third kappa shape index (κ3) is 3.19. The van der Waals surface area contributed by atoms with Gasteiger partial charge in [0.15, 0.2) is 0 Å². The molecule has 1 aromatic carbocycles. The second kappa shape index (κ2) is 6.36. The standard InChI is InChI=1S/C14H14F2N2O3/c1-3-21-17-18-8-13(16)11(7-14(18)19)10-5-4-9(20-2)6-12(10)15/h4-8,17H,3H2,1-2H3. The van der Waals surface area contributed by atoms with E-state index in [2.05, 4.69) is 5.59 Å². The van der Waals surface area contributed by atoms with Crippen molar-refractivity contribution >= 4 is 0 Å². The fourth-order valence-corrected chi connectivity index (χ4v) is 1.76. The third-order valence-corrected chi connectivity index (χ3v) is 2.78. The van der Waals surface area contributed by atoms with E-state index in [9.17, 15) is 13.6 Å². The second-order valence-corrected chi connectivity index (χ2v) is 4.11. The van der Waals surface area contributed by atoms with E-state index in [4.69, 9.17) is 9.57 Å². The number of benzene rings is 1. The molecule has 0 spiro atoms. The molecule has 0 aliphatic rings. The largest absolute Gasteiger partial charge is 0.497 e. The molecule has 0 saturated carbocycles. The quantitative estimate of drug-likeness (QED) is 0.860. The van der Waals surface area contributed by atoms with E-state index in [0.717, 1.165) is 23.0 Å². The summed E-state index contributed by atoms with van der Waals surface area (Å²) in [5.74, 6) is -1.13. The number of pyridine rings is 1. The first kappa shape index (κ1) is 15.0. The number of rotatable bonds is 5. The van der Waals surface area contributed by atoms with E-state index in [1.807, 2.05) is 0 Å². The molecule has 0 unspecified atom stereocenters. The Morgan fingerprint density at radius 1 is 1.19 bits per heavy atom. The van der Waals surface area contributed by atoms with Gasteiger partial charge in [0.25, 0.3) is 5.56 Å². The van der Waals surface area contributed by atoms with Gasteiger partial charge >= 0.3 is 0 Å². The molecule has 0 fully saturated rings. The summed E-state index contributed by atoms with van der Waals surface area (Å²) < 4.78 is 33.7. The fourth-order valence-electron chi connectivity index (χ4n) is 1.76. The van der Waals surface area contributed by atoms with Gasteiger partial charge in [-0.2, -0.15) is 5.59 Å². The molecule has 1 N–H and O–H groups in total. The topological polar surface area (TPSA) is 52.5 Å². The molecule has 21 heavy (non-hydrogen) atoms. The number of hydrogen-bond acceptors (Lipinski definition) is 4. The van der Waals surface area contributed by atoms with Crippen molar-refractivity contribution < 1.29 is 18.4 Å². The minimum atomic E-state index is -0.758. The smallest absolute Gasteiger partial charge is 0.271 e. The van der Waals surface area contributed by atoms with Crippen LogP contribution in [0.3, 0.4) is 0 Å². The number of aromatic nitrogens is 1. The van der Waals surface area contributed by atoms with Gasteiger partial charge in [0.05, 0.1) is 19.9 Å². The van der Waals surface area contributed by atoms with Gasteiger partial charge in [0.2, 0.25) is 0 Å². The molecule has 112 valence electrons. The lowest BCUT2D eigenvalue weighted by molar-refractivity contribution is 0.165. The summed E-state index contributed by atoms with van der Waals surface area (Å²) in [6.45, 7) is 2.00. The van der Waals surface area contributed by atoms with Gasteiger partial charge in [0, 0.05) is 23.3 Å². The Morgan fingerprint density at radius 2 is 1.95 bits per heavy atom. The summed E-state index contributed by atoms with van der Waals surface area (Å²) in [4.78, 5) is 16.6. The van der Waals surface area contributed by atoms with Crippen LogP contribution in [0.2, 0.25) is 0 Å². The molecule has 1 heterocycles. The first-order valence-corrected chi connectivity index (χ1v) is 6.20. The molecule has 0 bridgehead atoms. The van der Waals surface area contributed by atoms with Crippen LogP contribution in [0.1, 0.15) is 6.92 Å². The number of nitrogens with one attached hydrogen (secondary N) is 1. The molecule has 0 amide bonds. The molecular weight excluding hydrogens is 282 g/mol. The predicted molar refractivity (Wildman–Crippen MR) is 73.6 cm³/mol.